The number of aryl methyl sites for hydroxylation is 1. The summed E-state index contributed by atoms with van der Waals surface area (Å²) in [5, 5.41) is 21.1. The summed E-state index contributed by atoms with van der Waals surface area (Å²) in [4.78, 5) is 16.9. The number of rotatable bonds is 5. The van der Waals surface area contributed by atoms with Gasteiger partial charge in [0.2, 0.25) is 5.91 Å². The molecule has 144 valence electrons. The summed E-state index contributed by atoms with van der Waals surface area (Å²) in [5.74, 6) is 0.200. The lowest BCUT2D eigenvalue weighted by molar-refractivity contribution is -0.115. The molecule has 28 heavy (non-hydrogen) atoms. The van der Waals surface area contributed by atoms with Crippen LogP contribution in [0, 0.1) is 11.3 Å². The predicted octanol–water partition coefficient (Wildman–Crippen LogP) is 4.39. The number of anilines is 1. The zero-order chi connectivity index (χ0) is 19.5. The molecule has 1 aliphatic carbocycles. The zero-order valence-electron chi connectivity index (χ0n) is 15.3. The van der Waals surface area contributed by atoms with Crippen molar-refractivity contribution in [1.29, 1.82) is 5.26 Å². The largest absolute Gasteiger partial charge is 0.410 e. The van der Waals surface area contributed by atoms with Crippen molar-refractivity contribution in [2.75, 3.05) is 5.32 Å². The molecule has 1 unspecified atom stereocenters. The first kappa shape index (κ1) is 18.8. The SMILES string of the molecule is CC(Sc1nnc(-c2ccc[nH]2)o1)C(=O)Nc1sc2c(c1C#N)CCCCC2. The van der Waals surface area contributed by atoms with E-state index in [1.165, 1.54) is 34.4 Å². The Bertz CT molecular complexity index is 1020. The van der Waals surface area contributed by atoms with E-state index < -0.39 is 5.25 Å². The first-order chi connectivity index (χ1) is 13.7. The average molecular weight is 414 g/mol. The molecule has 0 spiro atoms. The van der Waals surface area contributed by atoms with E-state index in [1.54, 1.807) is 13.1 Å². The first-order valence-corrected chi connectivity index (χ1v) is 10.8. The van der Waals surface area contributed by atoms with Crippen molar-refractivity contribution in [2.45, 2.75) is 49.5 Å². The lowest BCUT2D eigenvalue weighted by Gasteiger charge is -2.09. The Morgan fingerprint density at radius 2 is 2.25 bits per heavy atom. The highest BCUT2D eigenvalue weighted by Gasteiger charge is 2.24. The molecular weight excluding hydrogens is 394 g/mol. The summed E-state index contributed by atoms with van der Waals surface area (Å²) >= 11 is 2.73. The standard InChI is InChI=1S/C19H19N5O2S2/c1-11(27-19-24-23-17(26-19)14-7-5-9-21-14)16(25)22-18-13(10-20)12-6-3-2-4-8-15(12)28-18/h5,7,9,11,21H,2-4,6,8H2,1H3,(H,22,25). The molecule has 7 nitrogen and oxygen atoms in total. The first-order valence-electron chi connectivity index (χ1n) is 9.15. The smallest absolute Gasteiger partial charge is 0.277 e. The Labute approximate surface area is 170 Å². The Hall–Kier alpha value is -2.57. The lowest BCUT2D eigenvalue weighted by atomic mass is 10.1. The maximum absolute atomic E-state index is 12.7. The van der Waals surface area contributed by atoms with Crippen LogP contribution in [0.25, 0.3) is 11.6 Å². The maximum Gasteiger partial charge on any atom is 0.277 e. The normalized spacial score (nSPS) is 14.7. The van der Waals surface area contributed by atoms with Gasteiger partial charge in [0.05, 0.1) is 10.8 Å². The van der Waals surface area contributed by atoms with Crippen molar-refractivity contribution in [3.8, 4) is 17.7 Å². The minimum absolute atomic E-state index is 0.183. The topological polar surface area (TPSA) is 108 Å². The maximum atomic E-state index is 12.7. The van der Waals surface area contributed by atoms with E-state index in [1.807, 2.05) is 12.1 Å². The number of aromatic amines is 1. The summed E-state index contributed by atoms with van der Waals surface area (Å²) in [6, 6.07) is 5.97. The van der Waals surface area contributed by atoms with E-state index in [9.17, 15) is 10.1 Å². The second-order valence-electron chi connectivity index (χ2n) is 6.59. The summed E-state index contributed by atoms with van der Waals surface area (Å²) in [5.41, 5.74) is 2.47. The number of fused-ring (bicyclic) bond motifs is 1. The highest BCUT2D eigenvalue weighted by Crippen LogP contribution is 2.37. The molecule has 0 aromatic carbocycles. The molecule has 3 aromatic heterocycles. The molecule has 3 heterocycles. The minimum atomic E-state index is -0.439. The van der Waals surface area contributed by atoms with E-state index >= 15 is 0 Å². The van der Waals surface area contributed by atoms with Crippen molar-refractivity contribution in [3.63, 3.8) is 0 Å². The minimum Gasteiger partial charge on any atom is -0.410 e. The molecule has 9 heteroatoms. The Morgan fingerprint density at radius 3 is 3.04 bits per heavy atom. The number of hydrogen-bond donors (Lipinski definition) is 2. The van der Waals surface area contributed by atoms with Crippen LogP contribution in [-0.2, 0) is 17.6 Å². The number of amides is 1. The predicted molar refractivity (Wildman–Crippen MR) is 108 cm³/mol. The lowest BCUT2D eigenvalue weighted by Crippen LogP contribution is -2.22. The number of thioether (sulfide) groups is 1. The molecule has 1 aliphatic rings. The number of carbonyl (C=O) groups is 1. The monoisotopic (exact) mass is 413 g/mol. The molecular formula is C19H19N5O2S2. The molecule has 3 aromatic rings. The fourth-order valence-corrected chi connectivity index (χ4v) is 5.12. The molecule has 0 aliphatic heterocycles. The van der Waals surface area contributed by atoms with E-state index in [4.69, 9.17) is 4.42 Å². The Balaban J connectivity index is 1.45. The molecule has 0 fully saturated rings. The fourth-order valence-electron chi connectivity index (χ4n) is 3.20. The van der Waals surface area contributed by atoms with Crippen molar-refractivity contribution in [1.82, 2.24) is 15.2 Å². The van der Waals surface area contributed by atoms with Gasteiger partial charge in [0.15, 0.2) is 0 Å². The number of nitrogens with one attached hydrogen (secondary N) is 2. The summed E-state index contributed by atoms with van der Waals surface area (Å²) < 4.78 is 5.60. The van der Waals surface area contributed by atoms with Gasteiger partial charge in [-0.2, -0.15) is 5.26 Å². The molecule has 0 bridgehead atoms. The van der Waals surface area contributed by atoms with Gasteiger partial charge in [0.1, 0.15) is 16.8 Å². The van der Waals surface area contributed by atoms with E-state index in [-0.39, 0.29) is 5.91 Å². The van der Waals surface area contributed by atoms with Crippen LogP contribution in [0.2, 0.25) is 0 Å². The van der Waals surface area contributed by atoms with Gasteiger partial charge >= 0.3 is 0 Å². The summed E-state index contributed by atoms with van der Waals surface area (Å²) in [6.45, 7) is 1.78. The highest BCUT2D eigenvalue weighted by atomic mass is 32.2. The van der Waals surface area contributed by atoms with E-state index in [2.05, 4.69) is 26.6 Å². The quantitative estimate of drug-likeness (QED) is 0.474. The third-order valence-corrected chi connectivity index (χ3v) is 6.79. The molecule has 0 saturated heterocycles. The van der Waals surface area contributed by atoms with E-state index in [0.717, 1.165) is 36.9 Å². The second kappa shape index (κ2) is 8.20. The van der Waals surface area contributed by atoms with Gasteiger partial charge < -0.3 is 14.7 Å². The molecule has 0 saturated carbocycles. The van der Waals surface area contributed by atoms with Gasteiger partial charge in [-0.3, -0.25) is 4.79 Å². The number of H-pyrrole nitrogens is 1. The van der Waals surface area contributed by atoms with Crippen LogP contribution in [0.3, 0.4) is 0 Å². The molecule has 1 amide bonds. The van der Waals surface area contributed by atoms with Crippen LogP contribution in [0.4, 0.5) is 5.00 Å². The second-order valence-corrected chi connectivity index (χ2v) is 8.98. The number of aromatic nitrogens is 3. The summed E-state index contributed by atoms with van der Waals surface area (Å²) in [7, 11) is 0. The molecule has 4 rings (SSSR count). The van der Waals surface area contributed by atoms with Crippen LogP contribution < -0.4 is 5.32 Å². The van der Waals surface area contributed by atoms with Crippen LogP contribution >= 0.6 is 23.1 Å². The number of hydrogen-bond acceptors (Lipinski definition) is 7. The van der Waals surface area contributed by atoms with Crippen molar-refractivity contribution >= 4 is 34.0 Å². The van der Waals surface area contributed by atoms with Gasteiger partial charge in [0.25, 0.3) is 11.1 Å². The van der Waals surface area contributed by atoms with E-state index in [0.29, 0.717) is 21.7 Å². The van der Waals surface area contributed by atoms with Crippen molar-refractivity contribution in [3.05, 3.63) is 34.3 Å². The molecule has 0 radical (unpaired) electrons. The van der Waals surface area contributed by atoms with Crippen molar-refractivity contribution in [2.24, 2.45) is 0 Å². The third kappa shape index (κ3) is 3.84. The van der Waals surface area contributed by atoms with Gasteiger partial charge in [-0.25, -0.2) is 0 Å². The number of thiophene rings is 1. The van der Waals surface area contributed by atoms with Crippen LogP contribution in [0.1, 0.15) is 42.2 Å². The number of nitrogens with zero attached hydrogens (tertiary/aromatic N) is 3. The zero-order valence-corrected chi connectivity index (χ0v) is 17.0. The molecule has 1 atom stereocenters. The molecule has 2 N–H and O–H groups in total. The van der Waals surface area contributed by atoms with Gasteiger partial charge in [-0.1, -0.05) is 18.2 Å². The number of carbonyl (C=O) groups excluding carboxylic acids is 1. The van der Waals surface area contributed by atoms with Crippen LogP contribution in [0.15, 0.2) is 28.0 Å². The fraction of sp³-hybridized carbons (Fsp3) is 0.368. The van der Waals surface area contributed by atoms with Crippen LogP contribution in [-0.4, -0.2) is 26.3 Å². The van der Waals surface area contributed by atoms with Crippen LogP contribution in [0.5, 0.6) is 0 Å². The number of nitriles is 1. The van der Waals surface area contributed by atoms with Crippen molar-refractivity contribution < 1.29 is 9.21 Å². The summed E-state index contributed by atoms with van der Waals surface area (Å²) in [6.07, 6.45) is 7.10. The highest BCUT2D eigenvalue weighted by molar-refractivity contribution is 8.00. The van der Waals surface area contributed by atoms with Gasteiger partial charge in [-0.15, -0.1) is 21.5 Å². The van der Waals surface area contributed by atoms with Gasteiger partial charge in [-0.05, 0) is 50.3 Å². The Kier molecular flexibility index (Phi) is 5.50. The third-order valence-electron chi connectivity index (χ3n) is 4.65. The Morgan fingerprint density at radius 1 is 1.39 bits per heavy atom. The van der Waals surface area contributed by atoms with Gasteiger partial charge in [0, 0.05) is 11.1 Å². The average Bonchev–Trinajstić information content (AvgIpc) is 3.39.